The molecule has 6 heteroatoms. The fraction of sp³-hybridized carbons (Fsp3) is 0.550. The second-order valence-electron chi connectivity index (χ2n) is 7.30. The molecule has 0 spiro atoms. The van der Waals surface area contributed by atoms with Crippen molar-refractivity contribution in [3.05, 3.63) is 41.9 Å². The van der Waals surface area contributed by atoms with Crippen molar-refractivity contribution in [2.45, 2.75) is 26.2 Å². The standard InChI is InChI=1S/C20H28N6/c1-17-15-19(23-20(22-17)26-8-2-3-9-26)25-13-11-24(12-14-25)10-6-18-5-4-7-21-16-18/h4-5,7,15-16H,2-3,6,8-14H2,1H3. The lowest BCUT2D eigenvalue weighted by Gasteiger charge is -2.35. The van der Waals surface area contributed by atoms with Crippen LogP contribution in [-0.2, 0) is 6.42 Å². The molecule has 0 N–H and O–H groups in total. The third kappa shape index (κ3) is 4.12. The van der Waals surface area contributed by atoms with E-state index >= 15 is 0 Å². The topological polar surface area (TPSA) is 48.4 Å². The molecule has 0 saturated carbocycles. The number of hydrogen-bond acceptors (Lipinski definition) is 6. The summed E-state index contributed by atoms with van der Waals surface area (Å²) in [5, 5.41) is 0. The van der Waals surface area contributed by atoms with Crippen molar-refractivity contribution in [2.24, 2.45) is 0 Å². The molecule has 0 unspecified atom stereocenters. The Morgan fingerprint density at radius 3 is 2.50 bits per heavy atom. The van der Waals surface area contributed by atoms with Crippen LogP contribution in [0.15, 0.2) is 30.6 Å². The van der Waals surface area contributed by atoms with E-state index in [4.69, 9.17) is 4.98 Å². The summed E-state index contributed by atoms with van der Waals surface area (Å²) in [5.74, 6) is 2.00. The summed E-state index contributed by atoms with van der Waals surface area (Å²) in [5.41, 5.74) is 2.38. The maximum atomic E-state index is 4.87. The van der Waals surface area contributed by atoms with Crippen molar-refractivity contribution in [1.29, 1.82) is 0 Å². The van der Waals surface area contributed by atoms with Gasteiger partial charge in [0.25, 0.3) is 0 Å². The molecular formula is C20H28N6. The lowest BCUT2D eigenvalue weighted by atomic mass is 10.2. The van der Waals surface area contributed by atoms with Crippen LogP contribution in [0.5, 0.6) is 0 Å². The van der Waals surface area contributed by atoms with Crippen molar-refractivity contribution >= 4 is 11.8 Å². The minimum Gasteiger partial charge on any atom is -0.354 e. The first-order chi connectivity index (χ1) is 12.8. The van der Waals surface area contributed by atoms with Crippen LogP contribution >= 0.6 is 0 Å². The van der Waals surface area contributed by atoms with E-state index in [0.717, 1.165) is 69.7 Å². The number of rotatable bonds is 5. The predicted octanol–water partition coefficient (Wildman–Crippen LogP) is 2.14. The van der Waals surface area contributed by atoms with Crippen molar-refractivity contribution < 1.29 is 0 Å². The smallest absolute Gasteiger partial charge is 0.227 e. The van der Waals surface area contributed by atoms with Gasteiger partial charge in [-0.25, -0.2) is 4.98 Å². The molecule has 2 aromatic rings. The second-order valence-corrected chi connectivity index (χ2v) is 7.30. The van der Waals surface area contributed by atoms with E-state index in [1.165, 1.54) is 18.4 Å². The Morgan fingerprint density at radius 2 is 1.77 bits per heavy atom. The number of hydrogen-bond donors (Lipinski definition) is 0. The zero-order chi connectivity index (χ0) is 17.8. The van der Waals surface area contributed by atoms with Crippen molar-refractivity contribution in [3.63, 3.8) is 0 Å². The summed E-state index contributed by atoms with van der Waals surface area (Å²) in [6.45, 7) is 9.59. The molecule has 0 aromatic carbocycles. The van der Waals surface area contributed by atoms with Crippen LogP contribution in [0.4, 0.5) is 11.8 Å². The first kappa shape index (κ1) is 17.2. The zero-order valence-electron chi connectivity index (χ0n) is 15.6. The quantitative estimate of drug-likeness (QED) is 0.822. The van der Waals surface area contributed by atoms with Gasteiger partial charge in [0.15, 0.2) is 0 Å². The highest BCUT2D eigenvalue weighted by molar-refractivity contribution is 5.46. The van der Waals surface area contributed by atoms with Gasteiger partial charge in [0.05, 0.1) is 0 Å². The Kier molecular flexibility index (Phi) is 5.29. The molecule has 2 aliphatic rings. The van der Waals surface area contributed by atoms with E-state index in [9.17, 15) is 0 Å². The molecule has 2 fully saturated rings. The predicted molar refractivity (Wildman–Crippen MR) is 105 cm³/mol. The molecule has 26 heavy (non-hydrogen) atoms. The largest absolute Gasteiger partial charge is 0.354 e. The summed E-state index contributed by atoms with van der Waals surface area (Å²) in [7, 11) is 0. The summed E-state index contributed by atoms with van der Waals surface area (Å²) >= 11 is 0. The van der Waals surface area contributed by atoms with Gasteiger partial charge in [-0.1, -0.05) is 6.07 Å². The maximum absolute atomic E-state index is 4.87. The number of piperazine rings is 1. The summed E-state index contributed by atoms with van der Waals surface area (Å²) in [4.78, 5) is 21.0. The van der Waals surface area contributed by atoms with Gasteiger partial charge in [-0.2, -0.15) is 4.98 Å². The van der Waals surface area contributed by atoms with Crippen LogP contribution < -0.4 is 9.80 Å². The van der Waals surface area contributed by atoms with Gasteiger partial charge in [0.1, 0.15) is 5.82 Å². The third-order valence-electron chi connectivity index (χ3n) is 5.35. The minimum atomic E-state index is 0.913. The summed E-state index contributed by atoms with van der Waals surface area (Å²) < 4.78 is 0. The highest BCUT2D eigenvalue weighted by Crippen LogP contribution is 2.21. The zero-order valence-corrected chi connectivity index (χ0v) is 15.6. The van der Waals surface area contributed by atoms with Gasteiger partial charge in [-0.3, -0.25) is 9.88 Å². The SMILES string of the molecule is Cc1cc(N2CCN(CCc3cccnc3)CC2)nc(N2CCCC2)n1. The minimum absolute atomic E-state index is 0.913. The van der Waals surface area contributed by atoms with Gasteiger partial charge in [-0.15, -0.1) is 0 Å². The molecule has 2 aromatic heterocycles. The van der Waals surface area contributed by atoms with E-state index in [0.29, 0.717) is 0 Å². The van der Waals surface area contributed by atoms with E-state index in [2.05, 4.69) is 43.7 Å². The molecule has 2 aliphatic heterocycles. The second kappa shape index (κ2) is 7.99. The Labute approximate surface area is 155 Å². The van der Waals surface area contributed by atoms with Crippen molar-refractivity contribution in [2.75, 3.05) is 55.6 Å². The molecule has 0 amide bonds. The van der Waals surface area contributed by atoms with E-state index < -0.39 is 0 Å². The monoisotopic (exact) mass is 352 g/mol. The van der Waals surface area contributed by atoms with Crippen molar-refractivity contribution in [3.8, 4) is 0 Å². The number of aryl methyl sites for hydroxylation is 1. The average molecular weight is 352 g/mol. The summed E-state index contributed by atoms with van der Waals surface area (Å²) in [6, 6.07) is 6.31. The number of nitrogens with zero attached hydrogens (tertiary/aromatic N) is 6. The third-order valence-corrected chi connectivity index (χ3v) is 5.35. The fourth-order valence-electron chi connectivity index (χ4n) is 3.79. The number of pyridine rings is 1. The summed E-state index contributed by atoms with van der Waals surface area (Å²) in [6.07, 6.45) is 7.38. The Hall–Kier alpha value is -2.21. The Balaban J connectivity index is 1.34. The molecule has 4 heterocycles. The molecule has 0 aliphatic carbocycles. The maximum Gasteiger partial charge on any atom is 0.227 e. The molecular weight excluding hydrogens is 324 g/mol. The molecule has 6 nitrogen and oxygen atoms in total. The van der Waals surface area contributed by atoms with E-state index in [-0.39, 0.29) is 0 Å². The van der Waals surface area contributed by atoms with Crippen LogP contribution in [0.1, 0.15) is 24.1 Å². The fourth-order valence-corrected chi connectivity index (χ4v) is 3.79. The molecule has 0 bridgehead atoms. The van der Waals surface area contributed by atoms with Gasteiger partial charge in [0, 0.05) is 70.0 Å². The van der Waals surface area contributed by atoms with Gasteiger partial charge in [-0.05, 0) is 37.8 Å². The first-order valence-electron chi connectivity index (χ1n) is 9.75. The highest BCUT2D eigenvalue weighted by atomic mass is 15.3. The normalized spacial score (nSPS) is 18.5. The Bertz CT molecular complexity index is 705. The molecule has 4 rings (SSSR count). The Morgan fingerprint density at radius 1 is 0.962 bits per heavy atom. The van der Waals surface area contributed by atoms with Crippen LogP contribution in [0.25, 0.3) is 0 Å². The van der Waals surface area contributed by atoms with Gasteiger partial charge < -0.3 is 9.80 Å². The van der Waals surface area contributed by atoms with Crippen LogP contribution in [0.2, 0.25) is 0 Å². The van der Waals surface area contributed by atoms with Gasteiger partial charge >= 0.3 is 0 Å². The number of anilines is 2. The molecule has 138 valence electrons. The first-order valence-corrected chi connectivity index (χ1v) is 9.75. The molecule has 2 saturated heterocycles. The highest BCUT2D eigenvalue weighted by Gasteiger charge is 2.21. The van der Waals surface area contributed by atoms with Gasteiger partial charge in [0.2, 0.25) is 5.95 Å². The van der Waals surface area contributed by atoms with Crippen LogP contribution in [-0.4, -0.2) is 65.7 Å². The van der Waals surface area contributed by atoms with E-state index in [1.54, 1.807) is 0 Å². The lowest BCUT2D eigenvalue weighted by molar-refractivity contribution is 0.260. The number of aromatic nitrogens is 3. The lowest BCUT2D eigenvalue weighted by Crippen LogP contribution is -2.47. The molecule has 0 radical (unpaired) electrons. The van der Waals surface area contributed by atoms with Crippen LogP contribution in [0, 0.1) is 6.92 Å². The van der Waals surface area contributed by atoms with Crippen molar-refractivity contribution in [1.82, 2.24) is 19.9 Å². The van der Waals surface area contributed by atoms with Crippen LogP contribution in [0.3, 0.4) is 0 Å². The molecule has 0 atom stereocenters. The van der Waals surface area contributed by atoms with E-state index in [1.807, 2.05) is 18.5 Å². The average Bonchev–Trinajstić information content (AvgIpc) is 3.22.